The summed E-state index contributed by atoms with van der Waals surface area (Å²) in [5.74, 6) is 0. The highest BCUT2D eigenvalue weighted by atomic mass is 27.5. The van der Waals surface area contributed by atoms with Crippen LogP contribution in [0.3, 0.4) is 0 Å². The van der Waals surface area contributed by atoms with Gasteiger partial charge in [-0.2, -0.15) is 0 Å². The van der Waals surface area contributed by atoms with Crippen molar-refractivity contribution in [2.75, 3.05) is 26.7 Å². The van der Waals surface area contributed by atoms with Crippen molar-refractivity contribution in [1.82, 2.24) is 4.90 Å². The van der Waals surface area contributed by atoms with E-state index in [9.17, 15) is 14.1 Å². The summed E-state index contributed by atoms with van der Waals surface area (Å²) >= 11 is -6.83. The van der Waals surface area contributed by atoms with Crippen LogP contribution in [0.4, 0.5) is 14.1 Å². The lowest BCUT2D eigenvalue weighted by Gasteiger charge is -2.36. The molecule has 2 atom stereocenters. The first kappa shape index (κ1) is 15.2. The van der Waals surface area contributed by atoms with E-state index in [1.807, 2.05) is 0 Å². The summed E-state index contributed by atoms with van der Waals surface area (Å²) in [6, 6.07) is 0. The van der Waals surface area contributed by atoms with Crippen LogP contribution in [-0.4, -0.2) is 52.7 Å². The van der Waals surface area contributed by atoms with Crippen molar-refractivity contribution in [3.8, 4) is 0 Å². The van der Waals surface area contributed by atoms with E-state index in [-0.39, 0.29) is 0 Å². The summed E-state index contributed by atoms with van der Waals surface area (Å²) in [6.45, 7) is 8.50. The van der Waals surface area contributed by atoms with Gasteiger partial charge in [0.05, 0.1) is 13.1 Å². The second-order valence-corrected chi connectivity index (χ2v) is 4.76. The molecule has 1 N–H and O–H groups in total. The smallest absolute Gasteiger partial charge is 0.510 e. The van der Waals surface area contributed by atoms with E-state index >= 15 is 0 Å². The Morgan fingerprint density at radius 3 is 2.13 bits per heavy atom. The molecule has 1 aliphatic heterocycles. The maximum atomic E-state index is 9.85. The molecule has 1 aliphatic rings. The highest BCUT2D eigenvalue weighted by molar-refractivity contribution is 6.50. The predicted octanol–water partition coefficient (Wildman–Crippen LogP) is 0.873. The molecular weight excluding hydrogens is 227 g/mol. The molecule has 0 bridgehead atoms. The molecule has 0 radical (unpaired) electrons. The fraction of sp³-hybridized carbons (Fsp3) is 1.00. The first-order chi connectivity index (χ1) is 6.75. The van der Waals surface area contributed by atoms with Crippen LogP contribution in [0.25, 0.3) is 0 Å². The number of nitrogens with one attached hydrogen (secondary N) is 1. The topological polar surface area (TPSA) is 7.68 Å². The first-order valence-corrected chi connectivity index (χ1v) is 6.92. The van der Waals surface area contributed by atoms with Crippen molar-refractivity contribution in [2.45, 2.75) is 26.4 Å². The van der Waals surface area contributed by atoms with Crippen LogP contribution in [0.1, 0.15) is 20.3 Å². The molecule has 0 spiro atoms. The molecule has 1 rings (SSSR count). The molecule has 1 heterocycles. The Morgan fingerprint density at radius 1 is 1.33 bits per heavy atom. The molecule has 92 valence electrons. The van der Waals surface area contributed by atoms with Crippen LogP contribution < -0.4 is 4.90 Å². The second kappa shape index (κ2) is 6.69. The van der Waals surface area contributed by atoms with E-state index in [0.717, 1.165) is 6.17 Å². The average Bonchev–Trinajstić information content (AvgIpc) is 2.07. The molecule has 0 aromatic carbocycles. The Labute approximate surface area is 92.4 Å². The zero-order valence-corrected chi connectivity index (χ0v) is 10.6. The fourth-order valence-electron chi connectivity index (χ4n) is 1.74. The lowest BCUT2D eigenvalue weighted by molar-refractivity contribution is -0.939. The van der Waals surface area contributed by atoms with Crippen LogP contribution in [0.5, 0.6) is 0 Å². The van der Waals surface area contributed by atoms with Gasteiger partial charge >= 0.3 is 14.9 Å². The van der Waals surface area contributed by atoms with Gasteiger partial charge in [-0.15, -0.1) is 0 Å². The first-order valence-electron chi connectivity index (χ1n) is 5.17. The quantitative estimate of drug-likeness (QED) is 0.533. The maximum Gasteiger partial charge on any atom is 1.04 e. The Kier molecular flexibility index (Phi) is 6.77. The van der Waals surface area contributed by atoms with Crippen molar-refractivity contribution < 1.29 is 19.0 Å². The maximum absolute atomic E-state index is 9.85. The van der Waals surface area contributed by atoms with Gasteiger partial charge in [0.25, 0.3) is 0 Å². The predicted molar refractivity (Wildman–Crippen MR) is 53.3 cm³/mol. The van der Waals surface area contributed by atoms with Crippen LogP contribution >= 0.6 is 0 Å². The van der Waals surface area contributed by atoms with E-state index in [2.05, 4.69) is 25.8 Å². The molecule has 2 nitrogen and oxygen atoms in total. The number of nitrogens with zero attached hydrogens (tertiary/aromatic N) is 1. The van der Waals surface area contributed by atoms with Crippen LogP contribution in [0, 0.1) is 0 Å². The molecule has 15 heavy (non-hydrogen) atoms. The number of rotatable bonds is 1. The summed E-state index contributed by atoms with van der Waals surface area (Å²) < 4.78 is 39.4. The van der Waals surface area contributed by atoms with E-state index in [4.69, 9.17) is 0 Å². The van der Waals surface area contributed by atoms with Gasteiger partial charge in [-0.05, 0) is 14.0 Å². The highest BCUT2D eigenvalue weighted by Gasteiger charge is 2.41. The molecule has 7 heteroatoms. The fourth-order valence-corrected chi connectivity index (χ4v) is 1.74. The Bertz CT molecular complexity index is 171. The van der Waals surface area contributed by atoms with Gasteiger partial charge in [0.15, 0.2) is 0 Å². The zero-order valence-electron chi connectivity index (χ0n) is 9.44. The van der Waals surface area contributed by atoms with E-state index in [1.54, 1.807) is 4.90 Å². The molecular formula is C8H19AlF4N2. The lowest BCUT2D eigenvalue weighted by atomic mass is 10.2. The average molecular weight is 246 g/mol. The van der Waals surface area contributed by atoms with E-state index in [0.29, 0.717) is 0 Å². The molecule has 0 aromatic heterocycles. The van der Waals surface area contributed by atoms with Gasteiger partial charge in [-0.25, -0.2) is 0 Å². The van der Waals surface area contributed by atoms with Crippen molar-refractivity contribution in [3.05, 3.63) is 0 Å². The lowest BCUT2D eigenvalue weighted by Crippen LogP contribution is -3.18. The normalized spacial score (nSPS) is 28.2. The second-order valence-electron chi connectivity index (χ2n) is 3.77. The number of hydrogen-bond donors (Lipinski definition) is 1. The molecule has 0 aliphatic carbocycles. The SMILES string of the molecule is CC[NH+]1CCCN(C)C1C.[F][Al-]([F])([F])[F]. The largest absolute Gasteiger partial charge is 1.04 e. The van der Waals surface area contributed by atoms with Gasteiger partial charge in [-0.1, -0.05) is 0 Å². The Morgan fingerprint density at radius 2 is 1.80 bits per heavy atom. The minimum absolute atomic E-state index is 0.735. The number of hydrogen-bond acceptors (Lipinski definition) is 1. The summed E-state index contributed by atoms with van der Waals surface area (Å²) in [6.07, 6.45) is 2.10. The molecule has 0 aromatic rings. The number of quaternary nitrogens is 1. The van der Waals surface area contributed by atoms with Crippen LogP contribution in [0.15, 0.2) is 0 Å². The molecule has 0 amide bonds. The van der Waals surface area contributed by atoms with Crippen LogP contribution in [-0.2, 0) is 0 Å². The molecule has 2 unspecified atom stereocenters. The summed E-state index contributed by atoms with van der Waals surface area (Å²) in [4.78, 5) is 4.18. The minimum atomic E-state index is -6.83. The third-order valence-corrected chi connectivity index (χ3v) is 2.71. The van der Waals surface area contributed by atoms with Gasteiger partial charge < -0.3 is 19.0 Å². The molecule has 1 fully saturated rings. The number of halogens is 4. The van der Waals surface area contributed by atoms with Crippen molar-refractivity contribution in [3.63, 3.8) is 0 Å². The Balaban J connectivity index is 0.000000336. The van der Waals surface area contributed by atoms with Gasteiger partial charge in [-0.3, -0.25) is 4.90 Å². The van der Waals surface area contributed by atoms with E-state index in [1.165, 1.54) is 26.1 Å². The Hall–Kier alpha value is 0.172. The van der Waals surface area contributed by atoms with E-state index < -0.39 is 14.9 Å². The van der Waals surface area contributed by atoms with Gasteiger partial charge in [0.2, 0.25) is 0 Å². The monoisotopic (exact) mass is 246 g/mol. The zero-order chi connectivity index (χ0) is 12.1. The molecule has 0 saturated carbocycles. The van der Waals surface area contributed by atoms with Crippen molar-refractivity contribution in [1.29, 1.82) is 0 Å². The molecule has 1 saturated heterocycles. The van der Waals surface area contributed by atoms with Gasteiger partial charge in [0.1, 0.15) is 6.17 Å². The van der Waals surface area contributed by atoms with Gasteiger partial charge in [0, 0.05) is 19.9 Å². The third kappa shape index (κ3) is 8.03. The highest BCUT2D eigenvalue weighted by Crippen LogP contribution is 2.06. The van der Waals surface area contributed by atoms with Crippen molar-refractivity contribution >= 4 is 14.9 Å². The summed E-state index contributed by atoms with van der Waals surface area (Å²) in [5, 5.41) is 0. The standard InChI is InChI=1S/C8H18N2.Al.4FH/c1-4-10-7-5-6-9(3)8(10)2;;;;;/h8H,4-7H2,1-3H3;;4*1H/q;+3;;;;/p-3. The summed E-state index contributed by atoms with van der Waals surface area (Å²) in [7, 11) is 2.22. The van der Waals surface area contributed by atoms with Crippen molar-refractivity contribution in [2.24, 2.45) is 0 Å². The minimum Gasteiger partial charge on any atom is -0.510 e. The van der Waals surface area contributed by atoms with Crippen LogP contribution in [0.2, 0.25) is 0 Å². The third-order valence-electron chi connectivity index (χ3n) is 2.71. The summed E-state index contributed by atoms with van der Waals surface area (Å²) in [5.41, 5.74) is 0.